The summed E-state index contributed by atoms with van der Waals surface area (Å²) in [7, 11) is 6.18. The second kappa shape index (κ2) is 5.84. The summed E-state index contributed by atoms with van der Waals surface area (Å²) in [5, 5.41) is 0. The predicted molar refractivity (Wildman–Crippen MR) is 78.4 cm³/mol. The van der Waals surface area contributed by atoms with Gasteiger partial charge >= 0.3 is 0 Å². The highest BCUT2D eigenvalue weighted by Crippen LogP contribution is 2.26. The lowest BCUT2D eigenvalue weighted by Crippen LogP contribution is -2.31. The quantitative estimate of drug-likeness (QED) is 0.826. The molecule has 1 aromatic heterocycles. The van der Waals surface area contributed by atoms with Gasteiger partial charge in [-0.05, 0) is 35.9 Å². The van der Waals surface area contributed by atoms with Crippen LogP contribution < -0.4 is 9.80 Å². The predicted octanol–water partition coefficient (Wildman–Crippen LogP) is 1.45. The van der Waals surface area contributed by atoms with Crippen molar-refractivity contribution in [1.29, 1.82) is 0 Å². The van der Waals surface area contributed by atoms with Crippen molar-refractivity contribution in [3.8, 4) is 0 Å². The van der Waals surface area contributed by atoms with E-state index < -0.39 is 0 Å². The second-order valence-electron chi connectivity index (χ2n) is 4.88. The number of anilines is 2. The highest BCUT2D eigenvalue weighted by Gasteiger charge is 2.19. The topological polar surface area (TPSA) is 35.5 Å². The number of hydrogen-bond donors (Lipinski definition) is 0. The van der Waals surface area contributed by atoms with Crippen LogP contribution in [0.5, 0.6) is 0 Å². The van der Waals surface area contributed by atoms with Gasteiger partial charge in [-0.3, -0.25) is 0 Å². The van der Waals surface area contributed by atoms with E-state index in [-0.39, 0.29) is 0 Å². The Morgan fingerprint density at radius 3 is 2.72 bits per heavy atom. The van der Waals surface area contributed by atoms with Crippen molar-refractivity contribution in [2.45, 2.75) is 6.42 Å². The molecule has 0 atom stereocenters. The lowest BCUT2D eigenvalue weighted by atomic mass is 10.3. The van der Waals surface area contributed by atoms with Crippen molar-refractivity contribution in [3.63, 3.8) is 0 Å². The maximum atomic E-state index is 4.60. The summed E-state index contributed by atoms with van der Waals surface area (Å²) >= 11 is 3.41. The minimum atomic E-state index is 0.792. The zero-order valence-electron chi connectivity index (χ0n) is 11.2. The monoisotopic (exact) mass is 313 g/mol. The fourth-order valence-corrected chi connectivity index (χ4v) is 2.41. The Morgan fingerprint density at radius 1 is 1.22 bits per heavy atom. The minimum Gasteiger partial charge on any atom is -0.360 e. The van der Waals surface area contributed by atoms with E-state index in [1.807, 2.05) is 19.0 Å². The van der Waals surface area contributed by atoms with Gasteiger partial charge in [-0.2, -0.15) is 0 Å². The number of nitrogens with zero attached hydrogens (tertiary/aromatic N) is 5. The number of halogens is 1. The van der Waals surface area contributed by atoms with Gasteiger partial charge in [0.2, 0.25) is 0 Å². The molecule has 6 heteroatoms. The van der Waals surface area contributed by atoms with Crippen LogP contribution in [-0.2, 0) is 0 Å². The second-order valence-corrected chi connectivity index (χ2v) is 5.69. The molecule has 0 aromatic carbocycles. The maximum Gasteiger partial charge on any atom is 0.173 e. The molecule has 0 N–H and O–H groups in total. The van der Waals surface area contributed by atoms with Crippen molar-refractivity contribution in [1.82, 2.24) is 14.9 Å². The number of rotatable bonds is 2. The maximum absolute atomic E-state index is 4.60. The summed E-state index contributed by atoms with van der Waals surface area (Å²) in [6, 6.07) is 0. The van der Waals surface area contributed by atoms with E-state index in [4.69, 9.17) is 0 Å². The molecular weight excluding hydrogens is 294 g/mol. The van der Waals surface area contributed by atoms with Gasteiger partial charge in [-0.1, -0.05) is 0 Å². The van der Waals surface area contributed by atoms with E-state index in [0.29, 0.717) is 0 Å². The van der Waals surface area contributed by atoms with E-state index in [1.54, 1.807) is 6.20 Å². The summed E-state index contributed by atoms with van der Waals surface area (Å²) < 4.78 is 0.792. The van der Waals surface area contributed by atoms with E-state index in [0.717, 1.165) is 48.8 Å². The highest BCUT2D eigenvalue weighted by molar-refractivity contribution is 9.10. The van der Waals surface area contributed by atoms with Gasteiger partial charge in [-0.25, -0.2) is 9.97 Å². The van der Waals surface area contributed by atoms with Gasteiger partial charge in [0.15, 0.2) is 11.6 Å². The fourth-order valence-electron chi connectivity index (χ4n) is 2.14. The van der Waals surface area contributed by atoms with Crippen LogP contribution in [0.3, 0.4) is 0 Å². The molecule has 1 aliphatic rings. The van der Waals surface area contributed by atoms with E-state index >= 15 is 0 Å². The van der Waals surface area contributed by atoms with Crippen LogP contribution in [0, 0.1) is 0 Å². The minimum absolute atomic E-state index is 0.792. The molecule has 0 radical (unpaired) electrons. The van der Waals surface area contributed by atoms with Crippen LogP contribution in [0.1, 0.15) is 6.42 Å². The number of likely N-dealkylation sites (N-methyl/N-ethyl adjacent to an activating group) is 1. The first kappa shape index (κ1) is 13.5. The van der Waals surface area contributed by atoms with Crippen LogP contribution in [0.25, 0.3) is 0 Å². The Labute approximate surface area is 117 Å². The summed E-state index contributed by atoms with van der Waals surface area (Å²) in [6.45, 7) is 4.26. The summed E-state index contributed by atoms with van der Waals surface area (Å²) in [4.78, 5) is 15.8. The number of aromatic nitrogens is 2. The molecule has 0 spiro atoms. The molecule has 5 nitrogen and oxygen atoms in total. The van der Waals surface area contributed by atoms with E-state index in [1.165, 1.54) is 0 Å². The van der Waals surface area contributed by atoms with Crippen LogP contribution in [0.2, 0.25) is 0 Å². The smallest absolute Gasteiger partial charge is 0.173 e. The Morgan fingerprint density at radius 2 is 2.00 bits per heavy atom. The van der Waals surface area contributed by atoms with Gasteiger partial charge in [0.05, 0.1) is 6.20 Å². The lowest BCUT2D eigenvalue weighted by molar-refractivity contribution is 0.360. The third-order valence-corrected chi connectivity index (χ3v) is 3.53. The largest absolute Gasteiger partial charge is 0.360 e. The average molecular weight is 314 g/mol. The molecule has 100 valence electrons. The molecule has 0 amide bonds. The van der Waals surface area contributed by atoms with Crippen molar-refractivity contribution in [2.75, 3.05) is 57.1 Å². The Balaban J connectivity index is 2.27. The molecule has 0 bridgehead atoms. The van der Waals surface area contributed by atoms with Gasteiger partial charge < -0.3 is 14.7 Å². The third kappa shape index (κ3) is 3.11. The summed E-state index contributed by atoms with van der Waals surface area (Å²) in [5.41, 5.74) is 0. The highest BCUT2D eigenvalue weighted by atomic mass is 79.9. The molecule has 2 rings (SSSR count). The van der Waals surface area contributed by atoms with Crippen LogP contribution in [0.4, 0.5) is 11.6 Å². The molecule has 1 aromatic rings. The van der Waals surface area contributed by atoms with E-state index in [2.05, 4.69) is 42.7 Å². The van der Waals surface area contributed by atoms with Crippen LogP contribution >= 0.6 is 15.9 Å². The molecule has 0 saturated carbocycles. The normalized spacial score (nSPS) is 17.7. The average Bonchev–Trinajstić information content (AvgIpc) is 2.53. The Kier molecular flexibility index (Phi) is 4.40. The molecule has 1 saturated heterocycles. The summed E-state index contributed by atoms with van der Waals surface area (Å²) in [6.07, 6.45) is 2.92. The molecule has 2 heterocycles. The molecule has 0 unspecified atom stereocenters. The summed E-state index contributed by atoms with van der Waals surface area (Å²) in [5.74, 6) is 1.91. The first-order valence-corrected chi connectivity index (χ1v) is 7.00. The molecule has 0 aliphatic carbocycles. The van der Waals surface area contributed by atoms with Crippen molar-refractivity contribution in [2.24, 2.45) is 0 Å². The molecule has 1 aliphatic heterocycles. The van der Waals surface area contributed by atoms with Crippen molar-refractivity contribution in [3.05, 3.63) is 10.8 Å². The Hall–Kier alpha value is -0.880. The Bertz CT molecular complexity index is 409. The number of hydrogen-bond acceptors (Lipinski definition) is 5. The molecular formula is C12H20BrN5. The lowest BCUT2D eigenvalue weighted by Gasteiger charge is -2.25. The zero-order chi connectivity index (χ0) is 13.1. The molecule has 1 fully saturated rings. The van der Waals surface area contributed by atoms with Gasteiger partial charge in [-0.15, -0.1) is 0 Å². The first-order chi connectivity index (χ1) is 8.58. The van der Waals surface area contributed by atoms with Gasteiger partial charge in [0, 0.05) is 33.7 Å². The van der Waals surface area contributed by atoms with Crippen molar-refractivity contribution < 1.29 is 0 Å². The van der Waals surface area contributed by atoms with Gasteiger partial charge in [0.1, 0.15) is 4.60 Å². The third-order valence-electron chi connectivity index (χ3n) is 3.15. The zero-order valence-corrected chi connectivity index (χ0v) is 12.8. The van der Waals surface area contributed by atoms with Gasteiger partial charge in [0.25, 0.3) is 0 Å². The van der Waals surface area contributed by atoms with Crippen LogP contribution in [-0.4, -0.2) is 62.2 Å². The molecule has 18 heavy (non-hydrogen) atoms. The standard InChI is InChI=1S/C12H20BrN5/c1-16(2)11-12(15-10(13)9-14-11)18-6-4-5-17(3)7-8-18/h9H,4-8H2,1-3H3. The SMILES string of the molecule is CN1CCCN(c2nc(Br)cnc2N(C)C)CC1. The van der Waals surface area contributed by atoms with E-state index in [9.17, 15) is 0 Å². The van der Waals surface area contributed by atoms with Crippen molar-refractivity contribution >= 4 is 27.6 Å². The van der Waals surface area contributed by atoms with Crippen LogP contribution in [0.15, 0.2) is 10.8 Å². The first-order valence-electron chi connectivity index (χ1n) is 6.21. The fraction of sp³-hybridized carbons (Fsp3) is 0.667.